The van der Waals surface area contributed by atoms with E-state index in [1.165, 1.54) is 0 Å². The van der Waals surface area contributed by atoms with Gasteiger partial charge in [-0.15, -0.1) is 0 Å². The number of benzene rings is 1. The highest BCUT2D eigenvalue weighted by molar-refractivity contribution is 9.10. The van der Waals surface area contributed by atoms with E-state index in [0.29, 0.717) is 11.5 Å². The Morgan fingerprint density at radius 2 is 1.94 bits per heavy atom. The van der Waals surface area contributed by atoms with Gasteiger partial charge in [-0.05, 0) is 19.1 Å². The van der Waals surface area contributed by atoms with Crippen molar-refractivity contribution in [3.63, 3.8) is 0 Å². The number of halogens is 1. The summed E-state index contributed by atoms with van der Waals surface area (Å²) in [5, 5.41) is 9.13. The number of aryl methyl sites for hydroxylation is 1. The van der Waals surface area contributed by atoms with E-state index in [0.717, 1.165) is 10.0 Å². The van der Waals surface area contributed by atoms with Gasteiger partial charge in [0.15, 0.2) is 5.69 Å². The number of rotatable bonds is 2. The zero-order valence-corrected chi connectivity index (χ0v) is 11.0. The summed E-state index contributed by atoms with van der Waals surface area (Å²) in [5.74, 6) is -0.327. The monoisotopic (exact) mass is 294 g/mol. The molecule has 17 heavy (non-hydrogen) atoms. The van der Waals surface area contributed by atoms with Gasteiger partial charge in [-0.2, -0.15) is 0 Å². The minimum atomic E-state index is -1.01. The number of hydrogen-bond donors (Lipinski definition) is 1. The number of aromatic nitrogens is 2. The maximum absolute atomic E-state index is 11.1. The van der Waals surface area contributed by atoms with E-state index < -0.39 is 5.97 Å². The van der Waals surface area contributed by atoms with Crippen LogP contribution < -0.4 is 0 Å². The summed E-state index contributed by atoms with van der Waals surface area (Å²) < 4.78 is 2.74. The Balaban J connectivity index is 2.65. The number of hydrogen-bond acceptors (Lipinski definition) is 2. The van der Waals surface area contributed by atoms with Crippen LogP contribution in [0.5, 0.6) is 0 Å². The Labute approximate surface area is 107 Å². The van der Waals surface area contributed by atoms with Crippen molar-refractivity contribution in [1.82, 2.24) is 9.55 Å². The van der Waals surface area contributed by atoms with E-state index in [1.807, 2.05) is 31.3 Å². The second-order valence-corrected chi connectivity index (χ2v) is 4.64. The maximum Gasteiger partial charge on any atom is 0.356 e. The molecule has 1 aromatic heterocycles. The van der Waals surface area contributed by atoms with Crippen molar-refractivity contribution in [3.8, 4) is 11.3 Å². The van der Waals surface area contributed by atoms with Crippen LogP contribution in [0.15, 0.2) is 28.7 Å². The molecule has 0 unspecified atom stereocenters. The first-order chi connectivity index (χ1) is 8.00. The van der Waals surface area contributed by atoms with Crippen LogP contribution in [0, 0.1) is 6.92 Å². The fourth-order valence-corrected chi connectivity index (χ4v) is 1.96. The predicted octanol–water partition coefficient (Wildman–Crippen LogP) is 2.86. The molecule has 0 bridgehead atoms. The number of carboxylic acids is 1. The molecule has 1 heterocycles. The van der Waals surface area contributed by atoms with Crippen LogP contribution in [0.2, 0.25) is 0 Å². The van der Waals surface area contributed by atoms with E-state index in [2.05, 4.69) is 20.9 Å². The summed E-state index contributed by atoms with van der Waals surface area (Å²) in [5.41, 5.74) is 1.56. The van der Waals surface area contributed by atoms with Gasteiger partial charge in [0, 0.05) is 17.1 Å². The highest BCUT2D eigenvalue weighted by Crippen LogP contribution is 2.25. The van der Waals surface area contributed by atoms with Crippen molar-refractivity contribution in [2.24, 2.45) is 7.05 Å². The highest BCUT2D eigenvalue weighted by Gasteiger charge is 2.19. The number of carbonyl (C=O) groups is 1. The zero-order chi connectivity index (χ0) is 12.6. The fourth-order valence-electron chi connectivity index (χ4n) is 1.70. The molecule has 88 valence electrons. The summed E-state index contributed by atoms with van der Waals surface area (Å²) >= 11 is 3.35. The molecular weight excluding hydrogens is 284 g/mol. The zero-order valence-electron chi connectivity index (χ0n) is 9.44. The molecule has 0 atom stereocenters. The van der Waals surface area contributed by atoms with Crippen LogP contribution in [0.4, 0.5) is 0 Å². The van der Waals surface area contributed by atoms with Crippen LogP contribution in [0.3, 0.4) is 0 Å². The van der Waals surface area contributed by atoms with Gasteiger partial charge >= 0.3 is 5.97 Å². The van der Waals surface area contributed by atoms with Crippen LogP contribution in [-0.2, 0) is 7.05 Å². The van der Waals surface area contributed by atoms with Crippen molar-refractivity contribution in [2.75, 3.05) is 0 Å². The summed E-state index contributed by atoms with van der Waals surface area (Å²) in [6.07, 6.45) is 0. The molecule has 1 N–H and O–H groups in total. The lowest BCUT2D eigenvalue weighted by atomic mass is 10.1. The molecule has 2 aromatic rings. The van der Waals surface area contributed by atoms with E-state index >= 15 is 0 Å². The summed E-state index contributed by atoms with van der Waals surface area (Å²) in [6.45, 7) is 1.79. The Kier molecular flexibility index (Phi) is 3.02. The number of imidazole rings is 1. The largest absolute Gasteiger partial charge is 0.476 e. The molecule has 0 spiro atoms. The Morgan fingerprint density at radius 3 is 2.47 bits per heavy atom. The third kappa shape index (κ3) is 2.10. The molecule has 0 saturated heterocycles. The van der Waals surface area contributed by atoms with E-state index in [4.69, 9.17) is 5.11 Å². The second kappa shape index (κ2) is 4.33. The van der Waals surface area contributed by atoms with E-state index in [9.17, 15) is 4.79 Å². The number of aromatic carboxylic acids is 1. The fraction of sp³-hybridized carbons (Fsp3) is 0.167. The molecule has 2 rings (SSSR count). The Bertz CT molecular complexity index is 573. The first-order valence-corrected chi connectivity index (χ1v) is 5.82. The topological polar surface area (TPSA) is 55.1 Å². The van der Waals surface area contributed by atoms with Gasteiger partial charge in [0.2, 0.25) is 0 Å². The lowest BCUT2D eigenvalue weighted by Crippen LogP contribution is -2.01. The van der Waals surface area contributed by atoms with Crippen molar-refractivity contribution in [3.05, 3.63) is 40.3 Å². The van der Waals surface area contributed by atoms with Crippen LogP contribution in [-0.4, -0.2) is 20.6 Å². The predicted molar refractivity (Wildman–Crippen MR) is 68.0 cm³/mol. The molecule has 1 aromatic carbocycles. The van der Waals surface area contributed by atoms with Crippen molar-refractivity contribution in [1.29, 1.82) is 0 Å². The van der Waals surface area contributed by atoms with Crippen LogP contribution in [0.25, 0.3) is 11.3 Å². The SMILES string of the molecule is Cc1nc(C(=O)O)c(-c2ccc(Br)cc2)n1C. The highest BCUT2D eigenvalue weighted by atomic mass is 79.9. The normalized spacial score (nSPS) is 10.5. The number of carboxylic acid groups (broad SMARTS) is 1. The first-order valence-electron chi connectivity index (χ1n) is 5.03. The Hall–Kier alpha value is -1.62. The maximum atomic E-state index is 11.1. The van der Waals surface area contributed by atoms with Gasteiger partial charge in [0.1, 0.15) is 5.82 Å². The Morgan fingerprint density at radius 1 is 1.35 bits per heavy atom. The van der Waals surface area contributed by atoms with Crippen LogP contribution >= 0.6 is 15.9 Å². The molecule has 0 saturated carbocycles. The van der Waals surface area contributed by atoms with E-state index in [1.54, 1.807) is 11.5 Å². The standard InChI is InChI=1S/C12H11BrN2O2/c1-7-14-10(12(16)17)11(15(7)2)8-3-5-9(13)6-4-8/h3-6H,1-2H3,(H,16,17). The molecule has 5 heteroatoms. The van der Waals surface area contributed by atoms with Crippen molar-refractivity contribution < 1.29 is 9.90 Å². The number of nitrogens with zero attached hydrogens (tertiary/aromatic N) is 2. The van der Waals surface area contributed by atoms with Gasteiger partial charge in [0.05, 0.1) is 5.69 Å². The van der Waals surface area contributed by atoms with E-state index in [-0.39, 0.29) is 5.69 Å². The molecule has 0 amide bonds. The first kappa shape index (κ1) is 11.9. The van der Waals surface area contributed by atoms with Gasteiger partial charge in [-0.25, -0.2) is 9.78 Å². The minimum Gasteiger partial charge on any atom is -0.476 e. The van der Waals surface area contributed by atoms with Gasteiger partial charge in [-0.1, -0.05) is 28.1 Å². The third-order valence-electron chi connectivity index (χ3n) is 2.64. The average molecular weight is 295 g/mol. The van der Waals surface area contributed by atoms with Gasteiger partial charge in [0.25, 0.3) is 0 Å². The van der Waals surface area contributed by atoms with Crippen LogP contribution in [0.1, 0.15) is 16.3 Å². The van der Waals surface area contributed by atoms with Gasteiger partial charge in [-0.3, -0.25) is 0 Å². The smallest absolute Gasteiger partial charge is 0.356 e. The molecule has 0 aliphatic heterocycles. The van der Waals surface area contributed by atoms with Crippen molar-refractivity contribution >= 4 is 21.9 Å². The third-order valence-corrected chi connectivity index (χ3v) is 3.17. The minimum absolute atomic E-state index is 0.0901. The summed E-state index contributed by atoms with van der Waals surface area (Å²) in [7, 11) is 1.81. The van der Waals surface area contributed by atoms with Crippen molar-refractivity contribution in [2.45, 2.75) is 6.92 Å². The lowest BCUT2D eigenvalue weighted by molar-refractivity contribution is 0.0692. The summed E-state index contributed by atoms with van der Waals surface area (Å²) in [4.78, 5) is 15.2. The molecule has 4 nitrogen and oxygen atoms in total. The second-order valence-electron chi connectivity index (χ2n) is 3.73. The molecule has 0 aliphatic rings. The molecular formula is C12H11BrN2O2. The molecule has 0 radical (unpaired) electrons. The lowest BCUT2D eigenvalue weighted by Gasteiger charge is -2.05. The quantitative estimate of drug-likeness (QED) is 0.927. The summed E-state index contributed by atoms with van der Waals surface area (Å²) in [6, 6.07) is 7.49. The molecule has 0 fully saturated rings. The molecule has 0 aliphatic carbocycles. The van der Waals surface area contributed by atoms with Gasteiger partial charge < -0.3 is 9.67 Å². The average Bonchev–Trinajstić information content (AvgIpc) is 2.57.